The minimum atomic E-state index is -0.406. The van der Waals surface area contributed by atoms with Crippen LogP contribution in [0.4, 0.5) is 17.6 Å². The van der Waals surface area contributed by atoms with Crippen LogP contribution < -0.4 is 16.8 Å². The van der Waals surface area contributed by atoms with Crippen molar-refractivity contribution in [2.75, 3.05) is 23.0 Å². The van der Waals surface area contributed by atoms with E-state index in [4.69, 9.17) is 11.5 Å². The molecule has 22 heavy (non-hydrogen) atoms. The SMILES string of the molecule is CSc1ccccc1NC(=O)[C@H](C)Sc1nc(N)nc(N)n1. The van der Waals surface area contributed by atoms with Gasteiger partial charge in [0.1, 0.15) is 0 Å². The fourth-order valence-electron chi connectivity index (χ4n) is 1.63. The Hall–Kier alpha value is -2.00. The van der Waals surface area contributed by atoms with E-state index in [0.717, 1.165) is 10.6 Å². The summed E-state index contributed by atoms with van der Waals surface area (Å²) >= 11 is 2.74. The number of para-hydroxylation sites is 1. The summed E-state index contributed by atoms with van der Waals surface area (Å²) in [6.45, 7) is 1.76. The van der Waals surface area contributed by atoms with E-state index < -0.39 is 5.25 Å². The fraction of sp³-hybridized carbons (Fsp3) is 0.231. The number of nitrogens with two attached hydrogens (primary N) is 2. The Morgan fingerprint density at radius 2 is 1.82 bits per heavy atom. The van der Waals surface area contributed by atoms with Crippen LogP contribution in [0.15, 0.2) is 34.3 Å². The zero-order valence-electron chi connectivity index (χ0n) is 12.1. The Balaban J connectivity index is 2.06. The number of carbonyl (C=O) groups is 1. The van der Waals surface area contributed by atoms with Crippen molar-refractivity contribution in [2.24, 2.45) is 0 Å². The van der Waals surface area contributed by atoms with Gasteiger partial charge in [0.15, 0.2) is 5.16 Å². The molecule has 9 heteroatoms. The number of nitrogens with one attached hydrogen (secondary N) is 1. The topological polar surface area (TPSA) is 120 Å². The van der Waals surface area contributed by atoms with Gasteiger partial charge in [0, 0.05) is 4.90 Å². The minimum Gasteiger partial charge on any atom is -0.368 e. The summed E-state index contributed by atoms with van der Waals surface area (Å²) in [5, 5.41) is 2.81. The van der Waals surface area contributed by atoms with E-state index in [2.05, 4.69) is 20.3 Å². The van der Waals surface area contributed by atoms with Crippen LogP contribution in [-0.2, 0) is 4.79 Å². The lowest BCUT2D eigenvalue weighted by Crippen LogP contribution is -2.23. The van der Waals surface area contributed by atoms with Crippen LogP contribution in [0, 0.1) is 0 Å². The third-order valence-corrected chi connectivity index (χ3v) is 4.42. The Kier molecular flexibility index (Phi) is 5.45. The zero-order valence-corrected chi connectivity index (χ0v) is 13.7. The molecule has 0 spiro atoms. The number of anilines is 3. The van der Waals surface area contributed by atoms with Crippen molar-refractivity contribution in [2.45, 2.75) is 22.2 Å². The molecule has 116 valence electrons. The molecule has 0 fully saturated rings. The van der Waals surface area contributed by atoms with Gasteiger partial charge in [0.2, 0.25) is 17.8 Å². The maximum Gasteiger partial charge on any atom is 0.237 e. The standard InChI is InChI=1S/C13H16N6OS2/c1-7(22-13-18-11(14)17-12(15)19-13)10(20)16-8-5-3-4-6-9(8)21-2/h3-7H,1-2H3,(H,16,20)(H4,14,15,17,18,19)/t7-/m0/s1. The molecule has 2 aromatic rings. The van der Waals surface area contributed by atoms with Crippen LogP contribution >= 0.6 is 23.5 Å². The molecule has 5 N–H and O–H groups in total. The molecule has 0 bridgehead atoms. The Morgan fingerprint density at radius 1 is 1.18 bits per heavy atom. The van der Waals surface area contributed by atoms with Crippen molar-refractivity contribution in [1.82, 2.24) is 15.0 Å². The Labute approximate surface area is 136 Å². The van der Waals surface area contributed by atoms with E-state index in [0.29, 0.717) is 5.16 Å². The molecule has 1 heterocycles. The lowest BCUT2D eigenvalue weighted by atomic mass is 10.3. The summed E-state index contributed by atoms with van der Waals surface area (Å²) in [4.78, 5) is 24.9. The smallest absolute Gasteiger partial charge is 0.237 e. The number of rotatable bonds is 5. The molecule has 0 aliphatic heterocycles. The lowest BCUT2D eigenvalue weighted by Gasteiger charge is -2.13. The quantitative estimate of drug-likeness (QED) is 0.708. The number of benzene rings is 1. The normalized spacial score (nSPS) is 11.9. The second kappa shape index (κ2) is 7.32. The van der Waals surface area contributed by atoms with E-state index in [1.807, 2.05) is 30.5 Å². The van der Waals surface area contributed by atoms with E-state index >= 15 is 0 Å². The van der Waals surface area contributed by atoms with Crippen LogP contribution in [0.3, 0.4) is 0 Å². The van der Waals surface area contributed by atoms with Crippen molar-refractivity contribution in [3.05, 3.63) is 24.3 Å². The van der Waals surface area contributed by atoms with Crippen LogP contribution in [0.5, 0.6) is 0 Å². The molecule has 2 rings (SSSR count). The van der Waals surface area contributed by atoms with Gasteiger partial charge in [-0.3, -0.25) is 4.79 Å². The van der Waals surface area contributed by atoms with Gasteiger partial charge in [-0.1, -0.05) is 23.9 Å². The Morgan fingerprint density at radius 3 is 2.45 bits per heavy atom. The maximum absolute atomic E-state index is 12.3. The number of hydrogen-bond donors (Lipinski definition) is 3. The van der Waals surface area contributed by atoms with E-state index in [1.54, 1.807) is 18.7 Å². The van der Waals surface area contributed by atoms with Gasteiger partial charge in [0.05, 0.1) is 10.9 Å². The predicted molar refractivity (Wildman–Crippen MR) is 90.8 cm³/mol. The number of aromatic nitrogens is 3. The van der Waals surface area contributed by atoms with Crippen LogP contribution in [0.1, 0.15) is 6.92 Å². The fourth-order valence-corrected chi connectivity index (χ4v) is 2.96. The summed E-state index contributed by atoms with van der Waals surface area (Å²) < 4.78 is 0. The van der Waals surface area contributed by atoms with Gasteiger partial charge in [-0.15, -0.1) is 11.8 Å². The highest BCUT2D eigenvalue weighted by Gasteiger charge is 2.18. The molecule has 0 unspecified atom stereocenters. The van der Waals surface area contributed by atoms with Crippen LogP contribution in [0.25, 0.3) is 0 Å². The third kappa shape index (κ3) is 4.25. The first-order chi connectivity index (χ1) is 10.5. The van der Waals surface area contributed by atoms with Gasteiger partial charge >= 0.3 is 0 Å². The van der Waals surface area contributed by atoms with Crippen molar-refractivity contribution in [1.29, 1.82) is 0 Å². The minimum absolute atomic E-state index is 0.0373. The third-order valence-electron chi connectivity index (χ3n) is 2.67. The average molecular weight is 336 g/mol. The highest BCUT2D eigenvalue weighted by atomic mass is 32.2. The van der Waals surface area contributed by atoms with Gasteiger partial charge in [-0.2, -0.15) is 15.0 Å². The second-order valence-electron chi connectivity index (χ2n) is 4.28. The molecule has 1 aromatic carbocycles. The summed E-state index contributed by atoms with van der Waals surface area (Å²) in [6.07, 6.45) is 1.96. The first-order valence-electron chi connectivity index (χ1n) is 6.37. The van der Waals surface area contributed by atoms with E-state index in [-0.39, 0.29) is 17.8 Å². The van der Waals surface area contributed by atoms with E-state index in [1.165, 1.54) is 11.8 Å². The van der Waals surface area contributed by atoms with Crippen LogP contribution in [-0.4, -0.2) is 32.4 Å². The molecule has 0 radical (unpaired) electrons. The molecule has 1 amide bonds. The number of amides is 1. The van der Waals surface area contributed by atoms with Gasteiger partial charge in [-0.05, 0) is 25.3 Å². The van der Waals surface area contributed by atoms with Gasteiger partial charge < -0.3 is 16.8 Å². The largest absolute Gasteiger partial charge is 0.368 e. The molecule has 0 saturated heterocycles. The summed E-state index contributed by atoms with van der Waals surface area (Å²) in [6, 6.07) is 7.61. The van der Waals surface area contributed by atoms with Crippen molar-refractivity contribution in [3.8, 4) is 0 Å². The number of thioether (sulfide) groups is 2. The molecule has 0 aliphatic carbocycles. The number of nitrogens with zero attached hydrogens (tertiary/aromatic N) is 3. The number of carbonyl (C=O) groups excluding carboxylic acids is 1. The molecular weight excluding hydrogens is 320 g/mol. The Bertz CT molecular complexity index is 661. The average Bonchev–Trinajstić information content (AvgIpc) is 2.46. The first-order valence-corrected chi connectivity index (χ1v) is 8.47. The van der Waals surface area contributed by atoms with Crippen molar-refractivity contribution < 1.29 is 4.79 Å². The monoisotopic (exact) mass is 336 g/mol. The van der Waals surface area contributed by atoms with Gasteiger partial charge in [0.25, 0.3) is 0 Å². The summed E-state index contributed by atoms with van der Waals surface area (Å²) in [5.74, 6) is -0.0743. The highest BCUT2D eigenvalue weighted by molar-refractivity contribution is 8.00. The highest BCUT2D eigenvalue weighted by Crippen LogP contribution is 2.26. The van der Waals surface area contributed by atoms with Crippen molar-refractivity contribution in [3.63, 3.8) is 0 Å². The van der Waals surface area contributed by atoms with Crippen LogP contribution in [0.2, 0.25) is 0 Å². The molecule has 0 saturated carbocycles. The number of nitrogen functional groups attached to an aromatic ring is 2. The molecule has 7 nitrogen and oxygen atoms in total. The predicted octanol–water partition coefficient (Wildman–Crippen LogP) is 1.88. The number of hydrogen-bond acceptors (Lipinski definition) is 8. The van der Waals surface area contributed by atoms with E-state index in [9.17, 15) is 4.79 Å². The molecule has 1 aromatic heterocycles. The molecule has 1 atom stereocenters. The summed E-state index contributed by atoms with van der Waals surface area (Å²) in [5.41, 5.74) is 11.8. The first kappa shape index (κ1) is 16.4. The lowest BCUT2D eigenvalue weighted by molar-refractivity contribution is -0.115. The molecule has 0 aliphatic rings. The van der Waals surface area contributed by atoms with Crippen molar-refractivity contribution >= 4 is 47.0 Å². The summed E-state index contributed by atoms with van der Waals surface area (Å²) in [7, 11) is 0. The second-order valence-corrected chi connectivity index (χ2v) is 6.44. The van der Waals surface area contributed by atoms with Gasteiger partial charge in [-0.25, -0.2) is 0 Å². The molecular formula is C13H16N6OS2. The zero-order chi connectivity index (χ0) is 16.1. The maximum atomic E-state index is 12.3.